The molecule has 134 valence electrons. The van der Waals surface area contributed by atoms with E-state index in [0.29, 0.717) is 0 Å². The summed E-state index contributed by atoms with van der Waals surface area (Å²) in [6, 6.07) is 5.39. The summed E-state index contributed by atoms with van der Waals surface area (Å²) in [6.45, 7) is 4.40. The lowest BCUT2D eigenvalue weighted by Crippen LogP contribution is -2.45. The molecule has 0 saturated heterocycles. The van der Waals surface area contributed by atoms with Gasteiger partial charge in [-0.3, -0.25) is 0 Å². The zero-order valence-electron chi connectivity index (χ0n) is 13.7. The zero-order valence-corrected chi connectivity index (χ0v) is 13.7. The summed E-state index contributed by atoms with van der Waals surface area (Å²) in [5.41, 5.74) is -0.210. The van der Waals surface area contributed by atoms with E-state index in [2.05, 4.69) is 4.74 Å². The molecule has 0 radical (unpaired) electrons. The number of hydrogen-bond acceptors (Lipinski definition) is 4. The van der Waals surface area contributed by atoms with Gasteiger partial charge in [0.05, 0.1) is 5.56 Å². The van der Waals surface area contributed by atoms with E-state index in [9.17, 15) is 27.2 Å². The average molecular weight is 350 g/mol. The normalized spacial score (nSPS) is 12.7. The molecule has 0 spiro atoms. The summed E-state index contributed by atoms with van der Waals surface area (Å²) >= 11 is 0. The van der Waals surface area contributed by atoms with Crippen LogP contribution >= 0.6 is 0 Å². The second-order valence-electron chi connectivity index (χ2n) is 6.24. The first-order valence-corrected chi connectivity index (χ1v) is 6.99. The van der Waals surface area contributed by atoms with Crippen LogP contribution in [0.2, 0.25) is 0 Å². The average Bonchev–Trinajstić information content (AvgIpc) is 2.42. The van der Waals surface area contributed by atoms with Gasteiger partial charge >= 0.3 is 23.8 Å². The van der Waals surface area contributed by atoms with Crippen molar-refractivity contribution in [1.82, 2.24) is 0 Å². The van der Waals surface area contributed by atoms with Gasteiger partial charge in [-0.15, -0.1) is 0 Å². The van der Waals surface area contributed by atoms with Gasteiger partial charge in [0, 0.05) is 6.92 Å². The number of alkyl halides is 4. The van der Waals surface area contributed by atoms with Crippen LogP contribution in [0.25, 0.3) is 0 Å². The van der Waals surface area contributed by atoms with Crippen LogP contribution in [0.3, 0.4) is 0 Å². The molecule has 0 fully saturated rings. The van der Waals surface area contributed by atoms with Crippen LogP contribution in [0.1, 0.15) is 43.6 Å². The van der Waals surface area contributed by atoms with Crippen molar-refractivity contribution in [1.29, 1.82) is 0 Å². The van der Waals surface area contributed by atoms with Gasteiger partial charge in [-0.1, -0.05) is 12.1 Å². The van der Waals surface area contributed by atoms with E-state index in [4.69, 9.17) is 4.74 Å². The molecule has 0 aliphatic heterocycles. The Hall–Kier alpha value is -2.12. The van der Waals surface area contributed by atoms with Gasteiger partial charge in [-0.25, -0.2) is 9.59 Å². The van der Waals surface area contributed by atoms with E-state index in [-0.39, 0.29) is 18.1 Å². The number of ether oxygens (including phenoxy) is 2. The minimum absolute atomic E-state index is 0.0656. The number of rotatable bonds is 5. The van der Waals surface area contributed by atoms with E-state index >= 15 is 0 Å². The quantitative estimate of drug-likeness (QED) is 0.595. The fourth-order valence-corrected chi connectivity index (χ4v) is 1.49. The molecule has 24 heavy (non-hydrogen) atoms. The molecule has 0 saturated carbocycles. The highest BCUT2D eigenvalue weighted by Gasteiger charge is 2.60. The maximum atomic E-state index is 13.1. The summed E-state index contributed by atoms with van der Waals surface area (Å²) < 4.78 is 60.8. The van der Waals surface area contributed by atoms with E-state index in [0.717, 1.165) is 0 Å². The lowest BCUT2D eigenvalue weighted by molar-refractivity contribution is -0.223. The van der Waals surface area contributed by atoms with Crippen molar-refractivity contribution in [2.24, 2.45) is 0 Å². The molecule has 8 heteroatoms. The third kappa shape index (κ3) is 5.21. The molecule has 0 unspecified atom stereocenters. The minimum atomic E-state index is -4.91. The highest BCUT2D eigenvalue weighted by molar-refractivity contribution is 5.89. The molecule has 1 rings (SSSR count). The van der Waals surface area contributed by atoms with E-state index in [1.54, 1.807) is 20.8 Å². The molecular formula is C16H18F4O4. The third-order valence-corrected chi connectivity index (χ3v) is 2.77. The number of benzene rings is 1. The Kier molecular flexibility index (Phi) is 5.63. The summed E-state index contributed by atoms with van der Waals surface area (Å²) in [7, 11) is 0. The summed E-state index contributed by atoms with van der Waals surface area (Å²) in [5.74, 6) is -12.3. The minimum Gasteiger partial charge on any atom is -0.456 e. The molecule has 1 aromatic carbocycles. The van der Waals surface area contributed by atoms with Crippen molar-refractivity contribution in [3.63, 3.8) is 0 Å². The molecule has 0 aromatic heterocycles. The van der Waals surface area contributed by atoms with E-state index in [1.165, 1.54) is 24.3 Å². The van der Waals surface area contributed by atoms with Crippen LogP contribution < -0.4 is 0 Å². The maximum absolute atomic E-state index is 13.1. The number of esters is 2. The van der Waals surface area contributed by atoms with Crippen LogP contribution in [-0.2, 0) is 20.9 Å². The second kappa shape index (κ2) is 6.78. The molecule has 0 N–H and O–H groups in total. The Morgan fingerprint density at radius 1 is 0.958 bits per heavy atom. The molecule has 4 nitrogen and oxygen atoms in total. The monoisotopic (exact) mass is 350 g/mol. The Bertz CT molecular complexity index is 598. The van der Waals surface area contributed by atoms with Gasteiger partial charge in [0.1, 0.15) is 12.2 Å². The molecule has 0 aliphatic rings. The predicted molar refractivity (Wildman–Crippen MR) is 77.0 cm³/mol. The van der Waals surface area contributed by atoms with Gasteiger partial charge in [0.15, 0.2) is 0 Å². The standard InChI is InChI=1S/C16H18F4O4/c1-14(2,3)24-12(21)11-7-5-10(6-8-11)9-23-13(22)16(19,20)15(4,17)18/h5-8H,9H2,1-4H3. The molecule has 0 heterocycles. The highest BCUT2D eigenvalue weighted by atomic mass is 19.3. The van der Waals surface area contributed by atoms with Crippen LogP contribution in [0.5, 0.6) is 0 Å². The SMILES string of the molecule is CC(C)(C)OC(=O)c1ccc(COC(=O)C(F)(F)C(C)(F)F)cc1. The van der Waals surface area contributed by atoms with Crippen molar-refractivity contribution < 1.29 is 36.6 Å². The van der Waals surface area contributed by atoms with Crippen LogP contribution in [0.15, 0.2) is 24.3 Å². The van der Waals surface area contributed by atoms with Crippen LogP contribution in [0.4, 0.5) is 17.6 Å². The Morgan fingerprint density at radius 3 is 1.88 bits per heavy atom. The largest absolute Gasteiger partial charge is 0.456 e. The number of carbonyl (C=O) groups excluding carboxylic acids is 2. The lowest BCUT2D eigenvalue weighted by Gasteiger charge is -2.21. The fraction of sp³-hybridized carbons (Fsp3) is 0.500. The summed E-state index contributed by atoms with van der Waals surface area (Å²) in [4.78, 5) is 22.9. The molecule has 0 amide bonds. The fourth-order valence-electron chi connectivity index (χ4n) is 1.49. The molecule has 1 aromatic rings. The van der Waals surface area contributed by atoms with E-state index < -0.39 is 36.0 Å². The first kappa shape index (κ1) is 19.9. The topological polar surface area (TPSA) is 52.6 Å². The highest BCUT2D eigenvalue weighted by Crippen LogP contribution is 2.34. The zero-order chi connectivity index (χ0) is 18.8. The van der Waals surface area contributed by atoms with E-state index in [1.807, 2.05) is 0 Å². The van der Waals surface area contributed by atoms with Crippen molar-refractivity contribution in [2.75, 3.05) is 0 Å². The Balaban J connectivity index is 2.69. The summed E-state index contributed by atoms with van der Waals surface area (Å²) in [6.07, 6.45) is 0. The predicted octanol–water partition coefficient (Wildman–Crippen LogP) is 3.98. The number of halogens is 4. The number of hydrogen-bond donors (Lipinski definition) is 0. The molecular weight excluding hydrogens is 332 g/mol. The van der Waals surface area contributed by atoms with Crippen molar-refractivity contribution >= 4 is 11.9 Å². The van der Waals surface area contributed by atoms with Crippen LogP contribution in [-0.4, -0.2) is 29.4 Å². The van der Waals surface area contributed by atoms with Gasteiger partial charge in [0.25, 0.3) is 0 Å². The molecule has 0 bridgehead atoms. The van der Waals surface area contributed by atoms with Gasteiger partial charge in [-0.2, -0.15) is 17.6 Å². The molecule has 0 atom stereocenters. The lowest BCUT2D eigenvalue weighted by atomic mass is 10.1. The maximum Gasteiger partial charge on any atom is 0.404 e. The van der Waals surface area contributed by atoms with Crippen molar-refractivity contribution in [3.05, 3.63) is 35.4 Å². The Labute approximate surface area is 136 Å². The van der Waals surface area contributed by atoms with Crippen molar-refractivity contribution in [3.8, 4) is 0 Å². The Morgan fingerprint density at radius 2 is 1.46 bits per heavy atom. The smallest absolute Gasteiger partial charge is 0.404 e. The van der Waals surface area contributed by atoms with Gasteiger partial charge < -0.3 is 9.47 Å². The molecule has 0 aliphatic carbocycles. The van der Waals surface area contributed by atoms with Gasteiger partial charge in [0.2, 0.25) is 0 Å². The van der Waals surface area contributed by atoms with Crippen LogP contribution in [0, 0.1) is 0 Å². The number of carbonyl (C=O) groups is 2. The third-order valence-electron chi connectivity index (χ3n) is 2.77. The van der Waals surface area contributed by atoms with Gasteiger partial charge in [-0.05, 0) is 38.5 Å². The summed E-state index contributed by atoms with van der Waals surface area (Å²) in [5, 5.41) is 0. The second-order valence-corrected chi connectivity index (χ2v) is 6.24. The van der Waals surface area contributed by atoms with Crippen molar-refractivity contribution in [2.45, 2.75) is 51.7 Å². The first-order chi connectivity index (χ1) is 10.7. The first-order valence-electron chi connectivity index (χ1n) is 6.99.